The number of hydrogen-bond acceptors (Lipinski definition) is 4. The highest BCUT2D eigenvalue weighted by atomic mass is 16.6. The fourth-order valence-corrected chi connectivity index (χ4v) is 1.40. The SMILES string of the molecule is CCC1CC(=O)O1.O=C1CCCCCO1. The van der Waals surface area contributed by atoms with Crippen molar-refractivity contribution in [2.45, 2.75) is 51.6 Å². The fraction of sp³-hybridized carbons (Fsp3) is 0.818. The van der Waals surface area contributed by atoms with Crippen molar-refractivity contribution in [2.24, 2.45) is 0 Å². The van der Waals surface area contributed by atoms with Crippen LogP contribution in [0.15, 0.2) is 0 Å². The molecule has 1 atom stereocenters. The van der Waals surface area contributed by atoms with E-state index in [1.54, 1.807) is 0 Å². The highest BCUT2D eigenvalue weighted by molar-refractivity contribution is 5.75. The number of carbonyl (C=O) groups is 2. The molecule has 2 heterocycles. The topological polar surface area (TPSA) is 52.6 Å². The summed E-state index contributed by atoms with van der Waals surface area (Å²) in [6.45, 7) is 2.65. The summed E-state index contributed by atoms with van der Waals surface area (Å²) < 4.78 is 9.41. The summed E-state index contributed by atoms with van der Waals surface area (Å²) in [4.78, 5) is 20.5. The molecular formula is C11H18O4. The van der Waals surface area contributed by atoms with Crippen molar-refractivity contribution in [3.63, 3.8) is 0 Å². The van der Waals surface area contributed by atoms with Crippen LogP contribution in [0, 0.1) is 0 Å². The van der Waals surface area contributed by atoms with E-state index in [0.717, 1.165) is 25.7 Å². The zero-order chi connectivity index (χ0) is 11.1. The molecule has 0 spiro atoms. The Bertz CT molecular complexity index is 207. The molecule has 86 valence electrons. The van der Waals surface area contributed by atoms with Gasteiger partial charge in [-0.3, -0.25) is 9.59 Å². The lowest BCUT2D eigenvalue weighted by Crippen LogP contribution is -2.31. The number of ether oxygens (including phenoxy) is 2. The first-order valence-electron chi connectivity index (χ1n) is 5.57. The van der Waals surface area contributed by atoms with E-state index in [9.17, 15) is 9.59 Å². The summed E-state index contributed by atoms with van der Waals surface area (Å²) in [6.07, 6.45) is 5.67. The number of esters is 2. The van der Waals surface area contributed by atoms with Crippen LogP contribution in [-0.2, 0) is 19.1 Å². The third kappa shape index (κ3) is 4.81. The Morgan fingerprint density at radius 1 is 1.20 bits per heavy atom. The van der Waals surface area contributed by atoms with Crippen molar-refractivity contribution in [1.29, 1.82) is 0 Å². The van der Waals surface area contributed by atoms with Crippen LogP contribution in [0.3, 0.4) is 0 Å². The molecule has 0 N–H and O–H groups in total. The van der Waals surface area contributed by atoms with Gasteiger partial charge >= 0.3 is 11.9 Å². The highest BCUT2D eigenvalue weighted by Gasteiger charge is 2.25. The van der Waals surface area contributed by atoms with Crippen LogP contribution in [0.5, 0.6) is 0 Å². The summed E-state index contributed by atoms with van der Waals surface area (Å²) in [5, 5.41) is 0. The molecular weight excluding hydrogens is 196 g/mol. The van der Waals surface area contributed by atoms with Gasteiger partial charge in [-0.15, -0.1) is 0 Å². The zero-order valence-electron chi connectivity index (χ0n) is 9.16. The quantitative estimate of drug-likeness (QED) is 0.625. The second-order valence-electron chi connectivity index (χ2n) is 3.76. The molecule has 0 amide bonds. The van der Waals surface area contributed by atoms with Crippen molar-refractivity contribution in [1.82, 2.24) is 0 Å². The van der Waals surface area contributed by atoms with Gasteiger partial charge in [-0.05, 0) is 25.7 Å². The molecule has 2 rings (SSSR count). The van der Waals surface area contributed by atoms with Gasteiger partial charge in [0.15, 0.2) is 0 Å². The van der Waals surface area contributed by atoms with Gasteiger partial charge < -0.3 is 9.47 Å². The van der Waals surface area contributed by atoms with Gasteiger partial charge in [0.2, 0.25) is 0 Å². The second-order valence-corrected chi connectivity index (χ2v) is 3.76. The summed E-state index contributed by atoms with van der Waals surface area (Å²) in [6, 6.07) is 0. The molecule has 0 bridgehead atoms. The first-order valence-corrected chi connectivity index (χ1v) is 5.57. The van der Waals surface area contributed by atoms with Crippen molar-refractivity contribution in [2.75, 3.05) is 6.61 Å². The lowest BCUT2D eigenvalue weighted by Gasteiger charge is -2.23. The van der Waals surface area contributed by atoms with E-state index < -0.39 is 0 Å². The summed E-state index contributed by atoms with van der Waals surface area (Å²) in [5.41, 5.74) is 0. The van der Waals surface area contributed by atoms with E-state index in [4.69, 9.17) is 4.74 Å². The maximum absolute atomic E-state index is 10.5. The van der Waals surface area contributed by atoms with Crippen LogP contribution in [-0.4, -0.2) is 24.6 Å². The average molecular weight is 214 g/mol. The van der Waals surface area contributed by atoms with Crippen LogP contribution in [0.4, 0.5) is 0 Å². The molecule has 2 fully saturated rings. The molecule has 2 saturated heterocycles. The molecule has 0 saturated carbocycles. The number of carbonyl (C=O) groups excluding carboxylic acids is 2. The van der Waals surface area contributed by atoms with E-state index in [2.05, 4.69) is 4.74 Å². The summed E-state index contributed by atoms with van der Waals surface area (Å²) in [7, 11) is 0. The second kappa shape index (κ2) is 6.43. The third-order valence-electron chi connectivity index (χ3n) is 2.44. The van der Waals surface area contributed by atoms with Crippen molar-refractivity contribution in [3.05, 3.63) is 0 Å². The molecule has 0 aromatic rings. The lowest BCUT2D eigenvalue weighted by atomic mass is 10.1. The first kappa shape index (κ1) is 12.0. The van der Waals surface area contributed by atoms with Crippen molar-refractivity contribution < 1.29 is 19.1 Å². The van der Waals surface area contributed by atoms with E-state index in [-0.39, 0.29) is 18.0 Å². The summed E-state index contributed by atoms with van der Waals surface area (Å²) in [5.74, 6) is -0.0747. The Morgan fingerprint density at radius 3 is 2.47 bits per heavy atom. The standard InChI is InChI=1S/C6H10O2.C5H8O2/c7-6-4-2-1-3-5-8-6;1-2-4-3-5(6)7-4/h1-5H2;4H,2-3H2,1H3. The molecule has 4 heteroatoms. The van der Waals surface area contributed by atoms with Crippen LogP contribution in [0.1, 0.15) is 45.4 Å². The Morgan fingerprint density at radius 2 is 1.93 bits per heavy atom. The van der Waals surface area contributed by atoms with Crippen molar-refractivity contribution >= 4 is 11.9 Å². The van der Waals surface area contributed by atoms with Crippen LogP contribution >= 0.6 is 0 Å². The molecule has 0 aromatic heterocycles. The smallest absolute Gasteiger partial charge is 0.309 e. The minimum Gasteiger partial charge on any atom is -0.466 e. The lowest BCUT2D eigenvalue weighted by molar-refractivity contribution is -0.169. The molecule has 0 aromatic carbocycles. The van der Waals surface area contributed by atoms with Gasteiger partial charge in [-0.1, -0.05) is 6.92 Å². The van der Waals surface area contributed by atoms with E-state index >= 15 is 0 Å². The number of hydrogen-bond donors (Lipinski definition) is 0. The maximum Gasteiger partial charge on any atom is 0.309 e. The molecule has 4 nitrogen and oxygen atoms in total. The van der Waals surface area contributed by atoms with Gasteiger partial charge in [0.25, 0.3) is 0 Å². The van der Waals surface area contributed by atoms with E-state index in [1.165, 1.54) is 0 Å². The predicted octanol–water partition coefficient (Wildman–Crippen LogP) is 1.82. The van der Waals surface area contributed by atoms with Gasteiger partial charge in [0.1, 0.15) is 6.10 Å². The minimum absolute atomic E-state index is 0.0255. The Kier molecular flexibility index (Phi) is 5.15. The summed E-state index contributed by atoms with van der Waals surface area (Å²) >= 11 is 0. The van der Waals surface area contributed by atoms with Crippen LogP contribution in [0.25, 0.3) is 0 Å². The van der Waals surface area contributed by atoms with Crippen molar-refractivity contribution in [3.8, 4) is 0 Å². The number of cyclic esters (lactones) is 2. The molecule has 15 heavy (non-hydrogen) atoms. The van der Waals surface area contributed by atoms with Gasteiger partial charge in [0, 0.05) is 6.42 Å². The van der Waals surface area contributed by atoms with Crippen LogP contribution < -0.4 is 0 Å². The van der Waals surface area contributed by atoms with Gasteiger partial charge in [-0.2, -0.15) is 0 Å². The molecule has 0 radical (unpaired) electrons. The van der Waals surface area contributed by atoms with Crippen LogP contribution in [0.2, 0.25) is 0 Å². The normalized spacial score (nSPS) is 25.0. The maximum atomic E-state index is 10.5. The average Bonchev–Trinajstić information content (AvgIpc) is 2.42. The largest absolute Gasteiger partial charge is 0.466 e. The molecule has 0 aliphatic carbocycles. The fourth-order valence-electron chi connectivity index (χ4n) is 1.40. The Labute approximate surface area is 89.9 Å². The Hall–Kier alpha value is -1.06. The van der Waals surface area contributed by atoms with Gasteiger partial charge in [-0.25, -0.2) is 0 Å². The molecule has 2 aliphatic rings. The zero-order valence-corrected chi connectivity index (χ0v) is 9.16. The monoisotopic (exact) mass is 214 g/mol. The van der Waals surface area contributed by atoms with E-state index in [0.29, 0.717) is 19.4 Å². The Balaban J connectivity index is 0.000000151. The minimum atomic E-state index is -0.0492. The molecule has 1 unspecified atom stereocenters. The predicted molar refractivity (Wildman–Crippen MR) is 54.2 cm³/mol. The highest BCUT2D eigenvalue weighted by Crippen LogP contribution is 2.15. The first-order chi connectivity index (χ1) is 7.22. The molecule has 2 aliphatic heterocycles. The number of rotatable bonds is 1. The third-order valence-corrected chi connectivity index (χ3v) is 2.44. The van der Waals surface area contributed by atoms with E-state index in [1.807, 2.05) is 6.92 Å². The van der Waals surface area contributed by atoms with Gasteiger partial charge in [0.05, 0.1) is 13.0 Å².